The summed E-state index contributed by atoms with van der Waals surface area (Å²) < 4.78 is 5.34. The molecule has 4 aromatic heterocycles. The second kappa shape index (κ2) is 8.70. The molecule has 5 rings (SSSR count). The number of urea groups is 1. The molecule has 9 heteroatoms. The van der Waals surface area contributed by atoms with Gasteiger partial charge in [0.2, 0.25) is 0 Å². The lowest BCUT2D eigenvalue weighted by Crippen LogP contribution is -2.42. The van der Waals surface area contributed by atoms with E-state index < -0.39 is 0 Å². The molecule has 2 N–H and O–H groups in total. The van der Waals surface area contributed by atoms with Crippen LogP contribution in [-0.2, 0) is 0 Å². The van der Waals surface area contributed by atoms with E-state index >= 15 is 0 Å². The second-order valence-corrected chi connectivity index (χ2v) is 7.95. The van der Waals surface area contributed by atoms with Gasteiger partial charge in [-0.15, -0.1) is 0 Å². The Hall–Kier alpha value is -4.27. The van der Waals surface area contributed by atoms with E-state index in [1.54, 1.807) is 35.8 Å². The van der Waals surface area contributed by atoms with E-state index in [2.05, 4.69) is 25.6 Å². The molecule has 1 aliphatic rings. The highest BCUT2D eigenvalue weighted by molar-refractivity contribution is 6.04. The zero-order valence-electron chi connectivity index (χ0n) is 18.3. The van der Waals surface area contributed by atoms with Crippen LogP contribution in [0.15, 0.2) is 65.9 Å². The number of hydrogen-bond donors (Lipinski definition) is 2. The molecule has 0 aliphatic carbocycles. The Morgan fingerprint density at radius 2 is 2.06 bits per heavy atom. The number of aryl methyl sites for hydroxylation is 1. The van der Waals surface area contributed by atoms with E-state index in [1.807, 2.05) is 38.1 Å². The lowest BCUT2D eigenvalue weighted by atomic mass is 10.1. The Morgan fingerprint density at radius 3 is 2.88 bits per heavy atom. The topological polar surface area (TPSA) is 109 Å². The highest BCUT2D eigenvalue weighted by atomic mass is 16.3. The molecule has 0 aromatic carbocycles. The molecule has 0 bridgehead atoms. The number of rotatable bonds is 3. The highest BCUT2D eigenvalue weighted by Gasteiger charge is 2.29. The summed E-state index contributed by atoms with van der Waals surface area (Å²) in [5.74, 6) is 1.17. The lowest BCUT2D eigenvalue weighted by molar-refractivity contribution is 0.255. The summed E-state index contributed by atoms with van der Waals surface area (Å²) in [4.78, 5) is 32.5. The Kier molecular flexibility index (Phi) is 5.43. The van der Waals surface area contributed by atoms with Crippen molar-refractivity contribution in [2.45, 2.75) is 26.3 Å². The van der Waals surface area contributed by atoms with E-state index in [4.69, 9.17) is 9.40 Å². The van der Waals surface area contributed by atoms with Crippen LogP contribution in [0.4, 0.5) is 22.0 Å². The van der Waals surface area contributed by atoms with E-state index in [9.17, 15) is 4.79 Å². The molecule has 1 atom stereocenters. The number of nitrogens with one attached hydrogen (secondary N) is 2. The summed E-state index contributed by atoms with van der Waals surface area (Å²) in [6.45, 7) is 4.71. The number of aromatic nitrogens is 4. The molecular formula is C24H23N7O2. The molecule has 33 heavy (non-hydrogen) atoms. The van der Waals surface area contributed by atoms with Crippen molar-refractivity contribution in [2.75, 3.05) is 22.1 Å². The molecule has 4 aromatic rings. The fourth-order valence-corrected chi connectivity index (χ4v) is 3.87. The monoisotopic (exact) mass is 441 g/mol. The first-order valence-electron chi connectivity index (χ1n) is 10.7. The number of carbonyl (C=O) groups excluding carboxylic acids is 1. The van der Waals surface area contributed by atoms with E-state index in [0.29, 0.717) is 17.3 Å². The molecule has 0 radical (unpaired) electrons. The minimum atomic E-state index is -0.278. The summed E-state index contributed by atoms with van der Waals surface area (Å²) in [6.07, 6.45) is 8.77. The number of oxazole rings is 1. The molecule has 0 saturated carbocycles. The van der Waals surface area contributed by atoms with Gasteiger partial charge >= 0.3 is 6.03 Å². The van der Waals surface area contributed by atoms with E-state index in [0.717, 1.165) is 41.2 Å². The number of hydrogen-bond acceptors (Lipinski definition) is 7. The minimum Gasteiger partial charge on any atom is -0.443 e. The predicted molar refractivity (Wildman–Crippen MR) is 126 cm³/mol. The Labute approximate surface area is 190 Å². The van der Waals surface area contributed by atoms with Crippen LogP contribution in [0.2, 0.25) is 0 Å². The summed E-state index contributed by atoms with van der Waals surface area (Å²) in [6, 6.07) is 9.28. The number of fused-ring (bicyclic) bond motifs is 1. The van der Waals surface area contributed by atoms with Crippen LogP contribution in [0.3, 0.4) is 0 Å². The van der Waals surface area contributed by atoms with Crippen molar-refractivity contribution in [3.05, 3.63) is 67.2 Å². The third-order valence-corrected chi connectivity index (χ3v) is 5.54. The van der Waals surface area contributed by atoms with Gasteiger partial charge in [-0.1, -0.05) is 0 Å². The molecule has 2 amide bonds. The highest BCUT2D eigenvalue weighted by Crippen LogP contribution is 2.33. The number of amides is 2. The fraction of sp³-hybridized carbons (Fsp3) is 0.208. The third-order valence-electron chi connectivity index (χ3n) is 5.54. The van der Waals surface area contributed by atoms with Crippen molar-refractivity contribution in [1.82, 2.24) is 19.9 Å². The molecule has 5 heterocycles. The maximum atomic E-state index is 13.5. The van der Waals surface area contributed by atoms with Gasteiger partial charge in [-0.3, -0.25) is 14.9 Å². The van der Waals surface area contributed by atoms with Crippen LogP contribution >= 0.6 is 0 Å². The van der Waals surface area contributed by atoms with Crippen LogP contribution in [0.1, 0.15) is 19.0 Å². The number of carbonyl (C=O) groups is 1. The molecule has 0 unspecified atom stereocenters. The lowest BCUT2D eigenvalue weighted by Gasteiger charge is -2.27. The van der Waals surface area contributed by atoms with Crippen molar-refractivity contribution in [3.8, 4) is 22.6 Å². The predicted octanol–water partition coefficient (Wildman–Crippen LogP) is 4.74. The van der Waals surface area contributed by atoms with Gasteiger partial charge in [-0.25, -0.2) is 14.8 Å². The van der Waals surface area contributed by atoms with Crippen LogP contribution in [0.5, 0.6) is 0 Å². The first-order chi connectivity index (χ1) is 16.1. The van der Waals surface area contributed by atoms with Crippen molar-refractivity contribution < 1.29 is 9.21 Å². The maximum absolute atomic E-state index is 13.5. The third kappa shape index (κ3) is 4.25. The minimum absolute atomic E-state index is 0.0638. The van der Waals surface area contributed by atoms with Gasteiger partial charge < -0.3 is 15.1 Å². The SMILES string of the molecule is Cc1cc(-c2ccc3c(n2)N(C(=O)Nc2cncc(-c4cnco4)c2)[C@H](C)CCN3)ccn1. The normalized spacial score (nSPS) is 15.3. The molecule has 0 spiro atoms. The van der Waals surface area contributed by atoms with Gasteiger partial charge in [0.05, 0.1) is 29.5 Å². The van der Waals surface area contributed by atoms with Crippen LogP contribution in [-0.4, -0.2) is 38.6 Å². The van der Waals surface area contributed by atoms with Crippen LogP contribution < -0.4 is 15.5 Å². The standard InChI is InChI=1S/C24H23N7O2/c1-15-9-17(6-8-27-15)20-3-4-21-23(30-20)31(16(2)5-7-28-21)24(32)29-19-10-18(11-25-12-19)22-13-26-14-33-22/h3-4,6,8-14,16,28H,5,7H2,1-2H3,(H,29,32)/t16-/m1/s1. The Balaban J connectivity index is 1.48. The van der Waals surface area contributed by atoms with Crippen molar-refractivity contribution in [3.63, 3.8) is 0 Å². The fourth-order valence-electron chi connectivity index (χ4n) is 3.87. The molecule has 0 saturated heterocycles. The zero-order chi connectivity index (χ0) is 22.8. The smallest absolute Gasteiger partial charge is 0.327 e. The molecule has 166 valence electrons. The van der Waals surface area contributed by atoms with Crippen LogP contribution in [0, 0.1) is 6.92 Å². The Morgan fingerprint density at radius 1 is 1.15 bits per heavy atom. The first kappa shape index (κ1) is 20.6. The number of pyridine rings is 3. The number of anilines is 3. The van der Waals surface area contributed by atoms with Gasteiger partial charge in [-0.05, 0) is 50.6 Å². The van der Waals surface area contributed by atoms with Gasteiger partial charge in [0.1, 0.15) is 0 Å². The van der Waals surface area contributed by atoms with Crippen molar-refractivity contribution in [2.24, 2.45) is 0 Å². The molecular weight excluding hydrogens is 418 g/mol. The average Bonchev–Trinajstić information content (AvgIpc) is 3.30. The summed E-state index contributed by atoms with van der Waals surface area (Å²) in [7, 11) is 0. The van der Waals surface area contributed by atoms with E-state index in [1.165, 1.54) is 6.39 Å². The van der Waals surface area contributed by atoms with Gasteiger partial charge in [0, 0.05) is 41.8 Å². The number of nitrogens with zero attached hydrogens (tertiary/aromatic N) is 5. The molecule has 1 aliphatic heterocycles. The van der Waals surface area contributed by atoms with E-state index in [-0.39, 0.29) is 12.1 Å². The second-order valence-electron chi connectivity index (χ2n) is 7.95. The largest absolute Gasteiger partial charge is 0.443 e. The maximum Gasteiger partial charge on any atom is 0.327 e. The zero-order valence-corrected chi connectivity index (χ0v) is 18.3. The summed E-state index contributed by atoms with van der Waals surface area (Å²) in [5, 5.41) is 6.36. The molecule has 9 nitrogen and oxygen atoms in total. The quantitative estimate of drug-likeness (QED) is 0.472. The molecule has 0 fully saturated rings. The van der Waals surface area contributed by atoms with Gasteiger partial charge in [0.15, 0.2) is 18.0 Å². The van der Waals surface area contributed by atoms with Gasteiger partial charge in [-0.2, -0.15) is 0 Å². The van der Waals surface area contributed by atoms with Crippen molar-refractivity contribution in [1.29, 1.82) is 0 Å². The van der Waals surface area contributed by atoms with Crippen molar-refractivity contribution >= 4 is 23.2 Å². The Bertz CT molecular complexity index is 1290. The van der Waals surface area contributed by atoms with Crippen LogP contribution in [0.25, 0.3) is 22.6 Å². The summed E-state index contributed by atoms with van der Waals surface area (Å²) in [5.41, 5.74) is 4.74. The first-order valence-corrected chi connectivity index (χ1v) is 10.7. The summed E-state index contributed by atoms with van der Waals surface area (Å²) >= 11 is 0. The average molecular weight is 441 g/mol. The van der Waals surface area contributed by atoms with Gasteiger partial charge in [0.25, 0.3) is 0 Å².